The zero-order valence-corrected chi connectivity index (χ0v) is 15.5. The highest BCUT2D eigenvalue weighted by Crippen LogP contribution is 2.27. The molecule has 0 saturated carbocycles. The van der Waals surface area contributed by atoms with Crippen LogP contribution < -0.4 is 5.32 Å². The Balaban J connectivity index is 1.63. The van der Waals surface area contributed by atoms with E-state index in [9.17, 15) is 13.2 Å². The molecule has 3 heterocycles. The van der Waals surface area contributed by atoms with Gasteiger partial charge in [-0.3, -0.25) is 4.79 Å². The lowest BCUT2D eigenvalue weighted by Crippen LogP contribution is -2.36. The van der Waals surface area contributed by atoms with Crippen LogP contribution in [-0.4, -0.2) is 41.1 Å². The lowest BCUT2D eigenvalue weighted by molar-refractivity contribution is 0.102. The van der Waals surface area contributed by atoms with Crippen molar-refractivity contribution < 1.29 is 13.2 Å². The molecule has 0 unspecified atom stereocenters. The number of aromatic nitrogens is 2. The van der Waals surface area contributed by atoms with Crippen LogP contribution in [0, 0.1) is 0 Å². The summed E-state index contributed by atoms with van der Waals surface area (Å²) < 4.78 is 29.3. The molecule has 0 atom stereocenters. The molecule has 1 fully saturated rings. The smallest absolute Gasteiger partial charge is 0.257 e. The van der Waals surface area contributed by atoms with Crippen molar-refractivity contribution >= 4 is 27.3 Å². The van der Waals surface area contributed by atoms with Crippen LogP contribution >= 0.6 is 0 Å². The molecule has 1 amide bonds. The monoisotopic (exact) mass is 384 g/mol. The van der Waals surface area contributed by atoms with Gasteiger partial charge >= 0.3 is 0 Å². The lowest BCUT2D eigenvalue weighted by Gasteiger charge is -2.26. The van der Waals surface area contributed by atoms with Gasteiger partial charge in [0.15, 0.2) is 0 Å². The molecule has 140 valence electrons. The molecule has 0 bridgehead atoms. The fraction of sp³-hybridized carbons (Fsp3) is 0.263. The zero-order valence-electron chi connectivity index (χ0n) is 14.7. The van der Waals surface area contributed by atoms with Gasteiger partial charge in [-0.05, 0) is 37.1 Å². The number of rotatable bonds is 4. The number of para-hydroxylation sites is 1. The van der Waals surface area contributed by atoms with Gasteiger partial charge in [-0.15, -0.1) is 0 Å². The van der Waals surface area contributed by atoms with Gasteiger partial charge in [0.05, 0.1) is 11.3 Å². The zero-order chi connectivity index (χ0) is 18.9. The number of benzene rings is 1. The van der Waals surface area contributed by atoms with E-state index in [0.29, 0.717) is 24.3 Å². The van der Waals surface area contributed by atoms with Crippen molar-refractivity contribution in [3.05, 3.63) is 60.6 Å². The SMILES string of the molecule is O=C(Nc1ccccc1S(=O)(=O)N1CCCCC1)c1ccc2nccn2c1. The number of carbonyl (C=O) groups excluding carboxylic acids is 1. The van der Waals surface area contributed by atoms with E-state index < -0.39 is 10.0 Å². The molecule has 0 radical (unpaired) electrons. The average molecular weight is 384 g/mol. The fourth-order valence-corrected chi connectivity index (χ4v) is 4.95. The topological polar surface area (TPSA) is 83.8 Å². The number of nitrogens with zero attached hydrogens (tertiary/aromatic N) is 3. The number of pyridine rings is 1. The largest absolute Gasteiger partial charge is 0.321 e. The Bertz CT molecular complexity index is 1090. The number of sulfonamides is 1. The predicted octanol–water partition coefficient (Wildman–Crippen LogP) is 2.76. The van der Waals surface area contributed by atoms with Crippen molar-refractivity contribution in [2.45, 2.75) is 24.2 Å². The molecular weight excluding hydrogens is 364 g/mol. The molecular formula is C19H20N4O3S. The van der Waals surface area contributed by atoms with E-state index in [1.165, 1.54) is 4.31 Å². The molecule has 27 heavy (non-hydrogen) atoms. The van der Waals surface area contributed by atoms with Gasteiger partial charge in [0.1, 0.15) is 10.5 Å². The number of anilines is 1. The van der Waals surface area contributed by atoms with Crippen molar-refractivity contribution in [2.75, 3.05) is 18.4 Å². The van der Waals surface area contributed by atoms with Crippen molar-refractivity contribution in [3.63, 3.8) is 0 Å². The van der Waals surface area contributed by atoms with Crippen molar-refractivity contribution in [1.82, 2.24) is 13.7 Å². The predicted molar refractivity (Wildman–Crippen MR) is 102 cm³/mol. The van der Waals surface area contributed by atoms with Gasteiger partial charge in [-0.25, -0.2) is 13.4 Å². The highest BCUT2D eigenvalue weighted by Gasteiger charge is 2.28. The summed E-state index contributed by atoms with van der Waals surface area (Å²) in [6.45, 7) is 1.03. The summed E-state index contributed by atoms with van der Waals surface area (Å²) in [4.78, 5) is 17.0. The van der Waals surface area contributed by atoms with Crippen molar-refractivity contribution in [1.29, 1.82) is 0 Å². The quantitative estimate of drug-likeness (QED) is 0.750. The summed E-state index contributed by atoms with van der Waals surface area (Å²) >= 11 is 0. The standard InChI is InChI=1S/C19H20N4O3S/c24-19(15-8-9-18-20-10-13-22(18)14-15)21-16-6-2-3-7-17(16)27(25,26)23-11-4-1-5-12-23/h2-3,6-10,13-14H,1,4-5,11-12H2,(H,21,24). The number of hydrogen-bond donors (Lipinski definition) is 1. The first-order valence-electron chi connectivity index (χ1n) is 8.89. The van der Waals surface area contributed by atoms with Crippen LogP contribution in [0.5, 0.6) is 0 Å². The second-order valence-corrected chi connectivity index (χ2v) is 8.43. The highest BCUT2D eigenvalue weighted by molar-refractivity contribution is 7.89. The number of nitrogens with one attached hydrogen (secondary N) is 1. The van der Waals surface area contributed by atoms with Gasteiger partial charge in [0, 0.05) is 31.7 Å². The van der Waals surface area contributed by atoms with Crippen molar-refractivity contribution in [3.8, 4) is 0 Å². The van der Waals surface area contributed by atoms with E-state index in [2.05, 4.69) is 10.3 Å². The first-order chi connectivity index (χ1) is 13.1. The molecule has 1 aromatic carbocycles. The maximum Gasteiger partial charge on any atom is 0.257 e. The number of carbonyl (C=O) groups is 1. The van der Waals surface area contributed by atoms with E-state index in [4.69, 9.17) is 0 Å². The van der Waals surface area contributed by atoms with Gasteiger partial charge in [-0.2, -0.15) is 4.31 Å². The molecule has 8 heteroatoms. The summed E-state index contributed by atoms with van der Waals surface area (Å²) in [5.74, 6) is -0.369. The van der Waals surface area contributed by atoms with E-state index in [0.717, 1.165) is 24.9 Å². The molecule has 2 aromatic heterocycles. The normalized spacial score (nSPS) is 15.7. The highest BCUT2D eigenvalue weighted by atomic mass is 32.2. The fourth-order valence-electron chi connectivity index (χ4n) is 3.29. The Morgan fingerprint density at radius 3 is 2.63 bits per heavy atom. The molecule has 0 spiro atoms. The van der Waals surface area contributed by atoms with Gasteiger partial charge in [-0.1, -0.05) is 18.6 Å². The van der Waals surface area contributed by atoms with Crippen LogP contribution in [-0.2, 0) is 10.0 Å². The molecule has 3 aromatic rings. The minimum atomic E-state index is -3.64. The average Bonchev–Trinajstić information content (AvgIpc) is 3.17. The first kappa shape index (κ1) is 17.7. The second-order valence-electron chi connectivity index (χ2n) is 6.53. The van der Waals surface area contributed by atoms with E-state index in [-0.39, 0.29) is 10.8 Å². The third-order valence-corrected chi connectivity index (χ3v) is 6.68. The number of piperidine rings is 1. The maximum absolute atomic E-state index is 13.0. The summed E-state index contributed by atoms with van der Waals surface area (Å²) in [7, 11) is -3.64. The maximum atomic E-state index is 13.0. The molecule has 0 aliphatic carbocycles. The summed E-state index contributed by atoms with van der Waals surface area (Å²) in [5.41, 5.74) is 1.45. The molecule has 1 aliphatic heterocycles. The third-order valence-electron chi connectivity index (χ3n) is 4.72. The number of fused-ring (bicyclic) bond motifs is 1. The Hall–Kier alpha value is -2.71. The van der Waals surface area contributed by atoms with E-state index in [1.54, 1.807) is 59.4 Å². The molecule has 4 rings (SSSR count). The first-order valence-corrected chi connectivity index (χ1v) is 10.3. The molecule has 1 N–H and O–H groups in total. The Morgan fingerprint density at radius 1 is 1.04 bits per heavy atom. The van der Waals surface area contributed by atoms with E-state index in [1.807, 2.05) is 0 Å². The minimum absolute atomic E-state index is 0.129. The summed E-state index contributed by atoms with van der Waals surface area (Å²) in [6.07, 6.45) is 7.83. The van der Waals surface area contributed by atoms with Gasteiger partial charge < -0.3 is 9.72 Å². The van der Waals surface area contributed by atoms with Gasteiger partial charge in [0.25, 0.3) is 5.91 Å². The molecule has 7 nitrogen and oxygen atoms in total. The Kier molecular flexibility index (Phi) is 4.67. The van der Waals surface area contributed by atoms with Crippen LogP contribution in [0.3, 0.4) is 0 Å². The van der Waals surface area contributed by atoms with Gasteiger partial charge in [0.2, 0.25) is 10.0 Å². The number of amides is 1. The van der Waals surface area contributed by atoms with Crippen LogP contribution in [0.25, 0.3) is 5.65 Å². The molecule has 1 saturated heterocycles. The Morgan fingerprint density at radius 2 is 1.81 bits per heavy atom. The minimum Gasteiger partial charge on any atom is -0.321 e. The number of hydrogen-bond acceptors (Lipinski definition) is 4. The summed E-state index contributed by atoms with van der Waals surface area (Å²) in [6, 6.07) is 9.95. The van der Waals surface area contributed by atoms with Crippen LogP contribution in [0.1, 0.15) is 29.6 Å². The number of imidazole rings is 1. The third kappa shape index (κ3) is 3.45. The Labute approximate surface area is 157 Å². The van der Waals surface area contributed by atoms with Crippen LogP contribution in [0.15, 0.2) is 59.9 Å². The second kappa shape index (κ2) is 7.13. The molecule has 1 aliphatic rings. The van der Waals surface area contributed by atoms with E-state index >= 15 is 0 Å². The summed E-state index contributed by atoms with van der Waals surface area (Å²) in [5, 5.41) is 2.75. The van der Waals surface area contributed by atoms with Crippen LogP contribution in [0.4, 0.5) is 5.69 Å². The lowest BCUT2D eigenvalue weighted by atomic mass is 10.2. The van der Waals surface area contributed by atoms with Crippen molar-refractivity contribution in [2.24, 2.45) is 0 Å². The van der Waals surface area contributed by atoms with Crippen LogP contribution in [0.2, 0.25) is 0 Å².